The fourth-order valence-corrected chi connectivity index (χ4v) is 3.67. The van der Waals surface area contributed by atoms with Gasteiger partial charge >= 0.3 is 0 Å². The minimum Gasteiger partial charge on any atom is -0.492 e. The van der Waals surface area contributed by atoms with Crippen LogP contribution in [0.25, 0.3) is 0 Å². The molecular formula is C23H34ClN3O3. The van der Waals surface area contributed by atoms with Crippen molar-refractivity contribution in [1.82, 2.24) is 15.1 Å². The monoisotopic (exact) mass is 435 g/mol. The van der Waals surface area contributed by atoms with E-state index >= 15 is 0 Å². The van der Waals surface area contributed by atoms with Gasteiger partial charge in [0.05, 0.1) is 19.4 Å². The second-order valence-corrected chi connectivity index (χ2v) is 7.61. The van der Waals surface area contributed by atoms with Gasteiger partial charge in [0.25, 0.3) is 0 Å². The third kappa shape index (κ3) is 8.38. The van der Waals surface area contributed by atoms with E-state index in [2.05, 4.69) is 27.2 Å². The number of likely N-dealkylation sites (tertiary alicyclic amines) is 1. The lowest BCUT2D eigenvalue weighted by molar-refractivity contribution is -0.121. The second-order valence-electron chi connectivity index (χ2n) is 7.61. The minimum absolute atomic E-state index is 0. The molecule has 1 fully saturated rings. The predicted octanol–water partition coefficient (Wildman–Crippen LogP) is 3.36. The van der Waals surface area contributed by atoms with Crippen LogP contribution < -0.4 is 10.1 Å². The van der Waals surface area contributed by atoms with Crippen molar-refractivity contribution in [3.05, 3.63) is 54.0 Å². The molecule has 2 heterocycles. The van der Waals surface area contributed by atoms with Gasteiger partial charge in [0.2, 0.25) is 5.91 Å². The van der Waals surface area contributed by atoms with Gasteiger partial charge in [-0.1, -0.05) is 18.6 Å². The van der Waals surface area contributed by atoms with Crippen LogP contribution in [0, 0.1) is 0 Å². The zero-order valence-corrected chi connectivity index (χ0v) is 18.7. The number of carbonyl (C=O) groups is 1. The summed E-state index contributed by atoms with van der Waals surface area (Å²) in [6.07, 6.45) is 6.48. The van der Waals surface area contributed by atoms with Crippen molar-refractivity contribution < 1.29 is 13.9 Å². The molecular weight excluding hydrogens is 402 g/mol. The lowest BCUT2D eigenvalue weighted by Crippen LogP contribution is -2.36. The molecule has 0 atom stereocenters. The van der Waals surface area contributed by atoms with E-state index < -0.39 is 0 Å². The summed E-state index contributed by atoms with van der Waals surface area (Å²) in [7, 11) is 1.66. The van der Waals surface area contributed by atoms with Crippen LogP contribution >= 0.6 is 12.4 Å². The molecule has 0 saturated carbocycles. The molecule has 166 valence electrons. The molecule has 1 amide bonds. The van der Waals surface area contributed by atoms with Crippen molar-refractivity contribution in [2.45, 2.75) is 32.2 Å². The fourth-order valence-electron chi connectivity index (χ4n) is 3.67. The molecule has 0 bridgehead atoms. The third-order valence-corrected chi connectivity index (χ3v) is 5.35. The molecule has 0 spiro atoms. The van der Waals surface area contributed by atoms with Gasteiger partial charge in [-0.25, -0.2) is 0 Å². The fraction of sp³-hybridized carbons (Fsp3) is 0.522. The molecule has 1 aliphatic heterocycles. The molecule has 2 aromatic rings. The topological polar surface area (TPSA) is 58.0 Å². The lowest BCUT2D eigenvalue weighted by Gasteiger charge is -2.26. The summed E-state index contributed by atoms with van der Waals surface area (Å²) in [5, 5.41) is 2.70. The maximum Gasteiger partial charge on any atom is 0.233 e. The van der Waals surface area contributed by atoms with Crippen LogP contribution in [-0.4, -0.2) is 62.1 Å². The number of furan rings is 1. The highest BCUT2D eigenvalue weighted by Crippen LogP contribution is 2.15. The molecule has 0 unspecified atom stereocenters. The Morgan fingerprint density at radius 2 is 2.03 bits per heavy atom. The van der Waals surface area contributed by atoms with E-state index in [0.717, 1.165) is 37.6 Å². The summed E-state index contributed by atoms with van der Waals surface area (Å²) < 4.78 is 11.4. The Labute approximate surface area is 186 Å². The molecule has 6 nitrogen and oxygen atoms in total. The summed E-state index contributed by atoms with van der Waals surface area (Å²) in [4.78, 5) is 16.4. The van der Waals surface area contributed by atoms with Crippen LogP contribution in [0.5, 0.6) is 5.75 Å². The molecule has 1 saturated heterocycles. The van der Waals surface area contributed by atoms with E-state index in [1.54, 1.807) is 13.3 Å². The lowest BCUT2D eigenvalue weighted by atomic mass is 10.1. The van der Waals surface area contributed by atoms with Crippen LogP contribution in [0.15, 0.2) is 47.1 Å². The van der Waals surface area contributed by atoms with Crippen LogP contribution in [-0.2, 0) is 17.8 Å². The molecule has 1 N–H and O–H groups in total. The average molecular weight is 436 g/mol. The molecule has 3 rings (SSSR count). The number of rotatable bonds is 11. The van der Waals surface area contributed by atoms with Gasteiger partial charge < -0.3 is 14.5 Å². The first-order valence-corrected chi connectivity index (χ1v) is 10.6. The number of likely N-dealkylation sites (N-methyl/N-ethyl adjacent to an activating group) is 1. The van der Waals surface area contributed by atoms with Gasteiger partial charge in [0.1, 0.15) is 18.1 Å². The van der Waals surface area contributed by atoms with E-state index in [1.165, 1.54) is 37.9 Å². The maximum absolute atomic E-state index is 11.9. The Morgan fingerprint density at radius 1 is 1.20 bits per heavy atom. The van der Waals surface area contributed by atoms with Crippen molar-refractivity contribution >= 4 is 18.3 Å². The van der Waals surface area contributed by atoms with Gasteiger partial charge in [-0.05, 0) is 62.2 Å². The molecule has 1 aromatic heterocycles. The number of amides is 1. The van der Waals surface area contributed by atoms with Crippen molar-refractivity contribution in [3.63, 3.8) is 0 Å². The molecule has 1 aromatic carbocycles. The smallest absolute Gasteiger partial charge is 0.233 e. The Bertz CT molecular complexity index is 733. The first-order chi connectivity index (χ1) is 14.2. The number of hydrogen-bond donors (Lipinski definition) is 1. The van der Waals surface area contributed by atoms with Gasteiger partial charge in [-0.3, -0.25) is 14.6 Å². The number of carbonyl (C=O) groups excluding carboxylic acids is 1. The van der Waals surface area contributed by atoms with Crippen molar-refractivity contribution in [2.75, 3.05) is 46.4 Å². The first-order valence-electron chi connectivity index (χ1n) is 10.6. The van der Waals surface area contributed by atoms with Gasteiger partial charge in [0.15, 0.2) is 0 Å². The predicted molar refractivity (Wildman–Crippen MR) is 121 cm³/mol. The Kier molecular flexibility index (Phi) is 10.8. The third-order valence-electron chi connectivity index (χ3n) is 5.35. The van der Waals surface area contributed by atoms with Gasteiger partial charge in [-0.15, -0.1) is 12.4 Å². The van der Waals surface area contributed by atoms with Gasteiger partial charge in [-0.2, -0.15) is 0 Å². The van der Waals surface area contributed by atoms with E-state index in [1.807, 2.05) is 24.3 Å². The number of ether oxygens (including phenoxy) is 1. The number of nitrogens with one attached hydrogen (secondary N) is 1. The van der Waals surface area contributed by atoms with Crippen LogP contribution in [0.1, 0.15) is 30.6 Å². The molecule has 0 radical (unpaired) electrons. The van der Waals surface area contributed by atoms with E-state index in [9.17, 15) is 4.79 Å². The van der Waals surface area contributed by atoms with Crippen LogP contribution in [0.4, 0.5) is 0 Å². The summed E-state index contributed by atoms with van der Waals surface area (Å²) in [6.45, 7) is 5.85. The minimum atomic E-state index is 0. The van der Waals surface area contributed by atoms with Crippen molar-refractivity contribution in [3.8, 4) is 5.75 Å². The zero-order chi connectivity index (χ0) is 20.3. The standard InChI is InChI=1S/C23H33N3O3.ClH/c1-24-23(27)19-26(18-22-9-6-15-28-22)13-10-20-7-5-8-21(17-20)29-16-14-25-11-3-2-4-12-25;/h5-9,15,17H,2-4,10-14,16,18-19H2,1H3,(H,24,27);1H. The Morgan fingerprint density at radius 3 is 2.77 bits per heavy atom. The first kappa shape index (κ1) is 24.3. The number of hydrogen-bond acceptors (Lipinski definition) is 5. The Balaban J connectivity index is 0.00000320. The van der Waals surface area contributed by atoms with Crippen LogP contribution in [0.3, 0.4) is 0 Å². The van der Waals surface area contributed by atoms with E-state index in [4.69, 9.17) is 9.15 Å². The van der Waals surface area contributed by atoms with Crippen molar-refractivity contribution in [2.24, 2.45) is 0 Å². The summed E-state index contributed by atoms with van der Waals surface area (Å²) in [6, 6.07) is 12.1. The van der Waals surface area contributed by atoms with E-state index in [0.29, 0.717) is 13.1 Å². The number of benzene rings is 1. The maximum atomic E-state index is 11.9. The highest BCUT2D eigenvalue weighted by Gasteiger charge is 2.13. The molecule has 30 heavy (non-hydrogen) atoms. The number of piperidine rings is 1. The number of nitrogens with zero attached hydrogens (tertiary/aromatic N) is 2. The Hall–Kier alpha value is -2.02. The second kappa shape index (κ2) is 13.3. The quantitative estimate of drug-likeness (QED) is 0.586. The summed E-state index contributed by atoms with van der Waals surface area (Å²) >= 11 is 0. The van der Waals surface area contributed by atoms with E-state index in [-0.39, 0.29) is 18.3 Å². The molecule has 1 aliphatic rings. The highest BCUT2D eigenvalue weighted by atomic mass is 35.5. The summed E-state index contributed by atoms with van der Waals surface area (Å²) in [5.74, 6) is 1.79. The average Bonchev–Trinajstić information content (AvgIpc) is 3.26. The number of halogens is 1. The van der Waals surface area contributed by atoms with Crippen LogP contribution in [0.2, 0.25) is 0 Å². The molecule has 7 heteroatoms. The highest BCUT2D eigenvalue weighted by molar-refractivity contribution is 5.85. The SMILES string of the molecule is CNC(=O)CN(CCc1cccc(OCCN2CCCCC2)c1)Cc1ccco1.Cl. The molecule has 0 aliphatic carbocycles. The van der Waals surface area contributed by atoms with Gasteiger partial charge in [0, 0.05) is 20.1 Å². The van der Waals surface area contributed by atoms with Crippen molar-refractivity contribution in [1.29, 1.82) is 0 Å². The largest absolute Gasteiger partial charge is 0.492 e. The zero-order valence-electron chi connectivity index (χ0n) is 17.8. The summed E-state index contributed by atoms with van der Waals surface area (Å²) in [5.41, 5.74) is 1.21. The normalized spacial score (nSPS) is 14.3.